The minimum absolute atomic E-state index is 0.334. The van der Waals surface area contributed by atoms with Gasteiger partial charge >= 0.3 is 0 Å². The van der Waals surface area contributed by atoms with Gasteiger partial charge in [0, 0.05) is 18.7 Å². The molecule has 0 saturated carbocycles. The summed E-state index contributed by atoms with van der Waals surface area (Å²) in [5.74, 6) is 1.34. The van der Waals surface area contributed by atoms with Gasteiger partial charge in [0.25, 0.3) is 0 Å². The molecule has 0 heterocycles. The van der Waals surface area contributed by atoms with Gasteiger partial charge in [-0.2, -0.15) is 0 Å². The molecule has 0 spiro atoms. The van der Waals surface area contributed by atoms with Gasteiger partial charge in [0.05, 0.1) is 14.2 Å². The van der Waals surface area contributed by atoms with E-state index in [-0.39, 0.29) is 6.10 Å². The van der Waals surface area contributed by atoms with E-state index in [4.69, 9.17) is 14.2 Å². The van der Waals surface area contributed by atoms with Crippen molar-refractivity contribution in [3.8, 4) is 11.5 Å². The van der Waals surface area contributed by atoms with Crippen LogP contribution in [0.5, 0.6) is 11.5 Å². The van der Waals surface area contributed by atoms with Gasteiger partial charge in [-0.1, -0.05) is 12.2 Å². The van der Waals surface area contributed by atoms with Crippen LogP contribution in [0.4, 0.5) is 0 Å². The predicted molar refractivity (Wildman–Crippen MR) is 64.3 cm³/mol. The Kier molecular flexibility index (Phi) is 3.36. The van der Waals surface area contributed by atoms with Gasteiger partial charge in [-0.15, -0.1) is 0 Å². The number of fused-ring (bicyclic) bond motifs is 1. The number of ether oxygens (including phenoxy) is 3. The highest BCUT2D eigenvalue weighted by Crippen LogP contribution is 2.38. The first-order valence-corrected chi connectivity index (χ1v) is 5.36. The molecule has 0 bridgehead atoms. The summed E-state index contributed by atoms with van der Waals surface area (Å²) in [6.45, 7) is 0. The molecular formula is C13H16O4. The smallest absolute Gasteiger partial charge is 0.130 e. The average molecular weight is 236 g/mol. The molecule has 0 aromatic heterocycles. The average Bonchev–Trinajstić information content (AvgIpc) is 2.38. The molecular weight excluding hydrogens is 220 g/mol. The molecule has 1 aliphatic carbocycles. The fourth-order valence-corrected chi connectivity index (χ4v) is 2.01. The van der Waals surface area contributed by atoms with Crippen LogP contribution in [0.1, 0.15) is 17.2 Å². The predicted octanol–water partition coefficient (Wildman–Crippen LogP) is 1.78. The second-order valence-electron chi connectivity index (χ2n) is 3.84. The van der Waals surface area contributed by atoms with Gasteiger partial charge in [0.2, 0.25) is 0 Å². The van der Waals surface area contributed by atoms with Crippen LogP contribution in [0.25, 0.3) is 6.08 Å². The molecule has 1 N–H and O–H groups in total. The summed E-state index contributed by atoms with van der Waals surface area (Å²) in [7, 11) is 4.75. The van der Waals surface area contributed by atoms with Gasteiger partial charge in [0.1, 0.15) is 23.7 Å². The molecule has 1 aliphatic rings. The van der Waals surface area contributed by atoms with Crippen molar-refractivity contribution in [2.45, 2.75) is 12.2 Å². The Hall–Kier alpha value is -1.52. The second-order valence-corrected chi connectivity index (χ2v) is 3.84. The third-order valence-electron chi connectivity index (χ3n) is 2.96. The summed E-state index contributed by atoms with van der Waals surface area (Å²) >= 11 is 0. The fraction of sp³-hybridized carbons (Fsp3) is 0.385. The molecule has 0 radical (unpaired) electrons. The van der Waals surface area contributed by atoms with E-state index in [1.807, 2.05) is 12.2 Å². The van der Waals surface area contributed by atoms with Crippen LogP contribution in [0.3, 0.4) is 0 Å². The molecule has 0 amide bonds. The zero-order valence-corrected chi connectivity index (χ0v) is 10.1. The first-order chi connectivity index (χ1) is 8.21. The van der Waals surface area contributed by atoms with Crippen molar-refractivity contribution >= 4 is 6.08 Å². The maximum absolute atomic E-state index is 10.2. The number of benzene rings is 1. The van der Waals surface area contributed by atoms with Crippen molar-refractivity contribution in [1.82, 2.24) is 0 Å². The molecule has 1 aromatic rings. The maximum Gasteiger partial charge on any atom is 0.130 e. The standard InChI is InChI=1S/C13H16O4/c1-15-8-6-10-9(12(7-8)17-3)4-5-11(16-2)13(10)14/h4-7,11,13-14H,1-3H3/t11-,13-/m1/s1. The lowest BCUT2D eigenvalue weighted by molar-refractivity contribution is 0.0147. The topological polar surface area (TPSA) is 47.9 Å². The second kappa shape index (κ2) is 4.77. The molecule has 0 fully saturated rings. The van der Waals surface area contributed by atoms with E-state index in [0.717, 1.165) is 11.1 Å². The van der Waals surface area contributed by atoms with Crippen LogP contribution in [-0.2, 0) is 4.74 Å². The summed E-state index contributed by atoms with van der Waals surface area (Å²) in [6.07, 6.45) is 2.68. The van der Waals surface area contributed by atoms with Crippen molar-refractivity contribution in [2.24, 2.45) is 0 Å². The normalized spacial score (nSPS) is 22.1. The van der Waals surface area contributed by atoms with E-state index in [9.17, 15) is 5.11 Å². The van der Waals surface area contributed by atoms with Crippen molar-refractivity contribution in [3.63, 3.8) is 0 Å². The number of aliphatic hydroxyl groups excluding tert-OH is 1. The Morgan fingerprint density at radius 1 is 1.12 bits per heavy atom. The van der Waals surface area contributed by atoms with Gasteiger partial charge in [-0.3, -0.25) is 0 Å². The third-order valence-corrected chi connectivity index (χ3v) is 2.96. The van der Waals surface area contributed by atoms with Gasteiger partial charge in [-0.25, -0.2) is 0 Å². The number of aliphatic hydroxyl groups is 1. The Balaban J connectivity index is 2.53. The monoisotopic (exact) mass is 236 g/mol. The molecule has 0 unspecified atom stereocenters. The van der Waals surface area contributed by atoms with Crippen LogP contribution in [-0.4, -0.2) is 32.5 Å². The Morgan fingerprint density at radius 2 is 1.88 bits per heavy atom. The maximum atomic E-state index is 10.2. The summed E-state index contributed by atoms with van der Waals surface area (Å²) in [5, 5.41) is 10.2. The van der Waals surface area contributed by atoms with E-state index in [1.54, 1.807) is 33.5 Å². The van der Waals surface area contributed by atoms with E-state index < -0.39 is 6.10 Å². The van der Waals surface area contributed by atoms with Gasteiger partial charge in [0.15, 0.2) is 0 Å². The van der Waals surface area contributed by atoms with Crippen molar-refractivity contribution < 1.29 is 19.3 Å². The Labute approximate surface area is 100 Å². The van der Waals surface area contributed by atoms with Gasteiger partial charge < -0.3 is 19.3 Å². The lowest BCUT2D eigenvalue weighted by Gasteiger charge is -2.26. The number of hydrogen-bond acceptors (Lipinski definition) is 4. The zero-order valence-electron chi connectivity index (χ0n) is 10.1. The molecule has 2 rings (SSSR count). The highest BCUT2D eigenvalue weighted by molar-refractivity contribution is 5.66. The molecule has 0 saturated heterocycles. The zero-order chi connectivity index (χ0) is 12.4. The number of methoxy groups -OCH3 is 3. The van der Waals surface area contributed by atoms with Gasteiger partial charge in [-0.05, 0) is 11.6 Å². The highest BCUT2D eigenvalue weighted by Gasteiger charge is 2.26. The van der Waals surface area contributed by atoms with Crippen LogP contribution >= 0.6 is 0 Å². The van der Waals surface area contributed by atoms with E-state index in [2.05, 4.69) is 0 Å². The minimum Gasteiger partial charge on any atom is -0.497 e. The van der Waals surface area contributed by atoms with Crippen molar-refractivity contribution in [3.05, 3.63) is 29.3 Å². The molecule has 17 heavy (non-hydrogen) atoms. The van der Waals surface area contributed by atoms with Crippen LogP contribution in [0, 0.1) is 0 Å². The number of hydrogen-bond donors (Lipinski definition) is 1. The summed E-state index contributed by atoms with van der Waals surface area (Å²) < 4.78 is 15.7. The van der Waals surface area contributed by atoms with Crippen LogP contribution in [0.2, 0.25) is 0 Å². The lowest BCUT2D eigenvalue weighted by Crippen LogP contribution is -2.22. The van der Waals surface area contributed by atoms with E-state index >= 15 is 0 Å². The van der Waals surface area contributed by atoms with Crippen LogP contribution < -0.4 is 9.47 Å². The Bertz CT molecular complexity index is 439. The van der Waals surface area contributed by atoms with Crippen molar-refractivity contribution in [2.75, 3.05) is 21.3 Å². The minimum atomic E-state index is -0.705. The molecule has 92 valence electrons. The van der Waals surface area contributed by atoms with E-state index in [0.29, 0.717) is 11.5 Å². The van der Waals surface area contributed by atoms with Crippen molar-refractivity contribution in [1.29, 1.82) is 0 Å². The molecule has 4 nitrogen and oxygen atoms in total. The first-order valence-electron chi connectivity index (χ1n) is 5.36. The number of rotatable bonds is 3. The third kappa shape index (κ3) is 2.01. The highest BCUT2D eigenvalue weighted by atomic mass is 16.5. The Morgan fingerprint density at radius 3 is 2.47 bits per heavy atom. The molecule has 0 aliphatic heterocycles. The lowest BCUT2D eigenvalue weighted by atomic mass is 9.92. The summed E-state index contributed by atoms with van der Waals surface area (Å²) in [6, 6.07) is 3.60. The summed E-state index contributed by atoms with van der Waals surface area (Å²) in [4.78, 5) is 0. The largest absolute Gasteiger partial charge is 0.497 e. The molecule has 1 aromatic carbocycles. The SMILES string of the molecule is COc1cc(OC)c2c(c1)[C@@H](O)[C@H](OC)C=C2. The first kappa shape index (κ1) is 12.0. The molecule has 2 atom stereocenters. The quantitative estimate of drug-likeness (QED) is 0.869. The molecule has 4 heteroatoms. The fourth-order valence-electron chi connectivity index (χ4n) is 2.01. The van der Waals surface area contributed by atoms with Crippen LogP contribution in [0.15, 0.2) is 18.2 Å². The van der Waals surface area contributed by atoms with E-state index in [1.165, 1.54) is 0 Å². The summed E-state index contributed by atoms with van der Waals surface area (Å²) in [5.41, 5.74) is 1.63.